The third kappa shape index (κ3) is 3.03. The van der Waals surface area contributed by atoms with E-state index in [-0.39, 0.29) is 12.0 Å². The molecule has 0 amide bonds. The van der Waals surface area contributed by atoms with Crippen LogP contribution in [0, 0.1) is 5.92 Å². The van der Waals surface area contributed by atoms with Crippen molar-refractivity contribution in [3.8, 4) is 11.4 Å². The molecule has 9 nitrogen and oxygen atoms in total. The zero-order chi connectivity index (χ0) is 17.2. The Morgan fingerprint density at radius 3 is 2.72 bits per heavy atom. The predicted molar refractivity (Wildman–Crippen MR) is 89.5 cm³/mol. The first kappa shape index (κ1) is 15.2. The van der Waals surface area contributed by atoms with Crippen LogP contribution in [-0.2, 0) is 0 Å². The van der Waals surface area contributed by atoms with Gasteiger partial charge in [0.1, 0.15) is 11.9 Å². The number of tetrazole rings is 1. The zero-order valence-corrected chi connectivity index (χ0v) is 13.7. The molecule has 126 valence electrons. The number of benzene rings is 1. The van der Waals surface area contributed by atoms with Gasteiger partial charge in [-0.25, -0.2) is 0 Å². The fraction of sp³-hybridized carbons (Fsp3) is 0.250. The zero-order valence-electron chi connectivity index (χ0n) is 13.7. The molecule has 4 aromatic rings. The smallest absolute Gasteiger partial charge is 0.249 e. The SMILES string of the molecule is CC(C)[C@H](Nc1ccc2nnnn2n1)c1nc(-c2ccccc2)no1. The van der Waals surface area contributed by atoms with E-state index in [0.717, 1.165) is 5.56 Å². The second kappa shape index (κ2) is 6.27. The minimum Gasteiger partial charge on any atom is -0.357 e. The van der Waals surface area contributed by atoms with Crippen LogP contribution in [0.4, 0.5) is 5.82 Å². The van der Waals surface area contributed by atoms with Crippen molar-refractivity contribution < 1.29 is 4.52 Å². The van der Waals surface area contributed by atoms with Crippen LogP contribution in [0.1, 0.15) is 25.8 Å². The molecule has 3 aromatic heterocycles. The summed E-state index contributed by atoms with van der Waals surface area (Å²) in [5.41, 5.74) is 1.49. The van der Waals surface area contributed by atoms with Crippen molar-refractivity contribution in [2.24, 2.45) is 5.92 Å². The first-order chi connectivity index (χ1) is 12.2. The summed E-state index contributed by atoms with van der Waals surface area (Å²) >= 11 is 0. The van der Waals surface area contributed by atoms with Crippen molar-refractivity contribution >= 4 is 11.5 Å². The first-order valence-corrected chi connectivity index (χ1v) is 7.92. The molecule has 1 atom stereocenters. The van der Waals surface area contributed by atoms with Crippen LogP contribution in [0.3, 0.4) is 0 Å². The standard InChI is InChI=1S/C16H16N8O/c1-10(2)14(17-12-8-9-13-19-22-23-24(13)20-12)16-18-15(21-25-16)11-6-4-3-5-7-11/h3-10,14H,1-2H3,(H,17,20)/t14-/m0/s1. The highest BCUT2D eigenvalue weighted by Gasteiger charge is 2.23. The Morgan fingerprint density at radius 1 is 1.08 bits per heavy atom. The molecule has 0 bridgehead atoms. The van der Waals surface area contributed by atoms with Crippen molar-refractivity contribution in [2.75, 3.05) is 5.32 Å². The normalized spacial score (nSPS) is 12.6. The van der Waals surface area contributed by atoms with E-state index in [9.17, 15) is 0 Å². The lowest BCUT2D eigenvalue weighted by Crippen LogP contribution is -2.18. The van der Waals surface area contributed by atoms with Gasteiger partial charge in [0.05, 0.1) is 0 Å². The molecule has 0 saturated carbocycles. The number of hydrogen-bond acceptors (Lipinski definition) is 8. The van der Waals surface area contributed by atoms with Gasteiger partial charge in [-0.15, -0.1) is 14.8 Å². The highest BCUT2D eigenvalue weighted by atomic mass is 16.5. The molecule has 0 unspecified atom stereocenters. The number of fused-ring (bicyclic) bond motifs is 1. The minimum absolute atomic E-state index is 0.189. The van der Waals surface area contributed by atoms with Crippen LogP contribution in [0.15, 0.2) is 47.0 Å². The van der Waals surface area contributed by atoms with Gasteiger partial charge < -0.3 is 9.84 Å². The fourth-order valence-corrected chi connectivity index (χ4v) is 2.47. The molecule has 0 spiro atoms. The predicted octanol–water partition coefficient (Wildman–Crippen LogP) is 2.38. The van der Waals surface area contributed by atoms with Crippen LogP contribution in [-0.4, -0.2) is 35.4 Å². The largest absolute Gasteiger partial charge is 0.357 e. The van der Waals surface area contributed by atoms with E-state index in [1.54, 1.807) is 6.07 Å². The van der Waals surface area contributed by atoms with E-state index in [0.29, 0.717) is 23.2 Å². The molecular formula is C16H16N8O. The van der Waals surface area contributed by atoms with Crippen molar-refractivity contribution in [2.45, 2.75) is 19.9 Å². The molecule has 4 rings (SSSR count). The summed E-state index contributed by atoms with van der Waals surface area (Å²) in [5, 5.41) is 23.0. The van der Waals surface area contributed by atoms with Crippen molar-refractivity contribution in [1.29, 1.82) is 0 Å². The highest BCUT2D eigenvalue weighted by molar-refractivity contribution is 5.53. The fourth-order valence-electron chi connectivity index (χ4n) is 2.47. The van der Waals surface area contributed by atoms with Gasteiger partial charge in [0.15, 0.2) is 5.65 Å². The van der Waals surface area contributed by atoms with E-state index >= 15 is 0 Å². The van der Waals surface area contributed by atoms with E-state index in [4.69, 9.17) is 4.52 Å². The first-order valence-electron chi connectivity index (χ1n) is 7.92. The van der Waals surface area contributed by atoms with Gasteiger partial charge in [0.25, 0.3) is 0 Å². The quantitative estimate of drug-likeness (QED) is 0.592. The molecule has 0 fully saturated rings. The summed E-state index contributed by atoms with van der Waals surface area (Å²) in [5.74, 6) is 1.90. The van der Waals surface area contributed by atoms with Gasteiger partial charge in [-0.1, -0.05) is 49.3 Å². The molecule has 0 radical (unpaired) electrons. The molecule has 1 N–H and O–H groups in total. The molecule has 0 saturated heterocycles. The van der Waals surface area contributed by atoms with Crippen LogP contribution >= 0.6 is 0 Å². The Hall–Kier alpha value is -3.36. The van der Waals surface area contributed by atoms with Gasteiger partial charge in [0.2, 0.25) is 11.7 Å². The van der Waals surface area contributed by atoms with Crippen molar-refractivity contribution in [1.82, 2.24) is 35.4 Å². The van der Waals surface area contributed by atoms with Crippen LogP contribution in [0.5, 0.6) is 0 Å². The molecule has 3 heterocycles. The third-order valence-electron chi connectivity index (χ3n) is 3.78. The lowest BCUT2D eigenvalue weighted by molar-refractivity contribution is 0.335. The Labute approximate surface area is 143 Å². The molecule has 0 aliphatic carbocycles. The number of aromatic nitrogens is 7. The van der Waals surface area contributed by atoms with Gasteiger partial charge in [0, 0.05) is 5.56 Å². The molecule has 9 heteroatoms. The molecule has 0 aliphatic heterocycles. The van der Waals surface area contributed by atoms with E-state index in [2.05, 4.69) is 49.9 Å². The summed E-state index contributed by atoms with van der Waals surface area (Å²) in [7, 11) is 0. The van der Waals surface area contributed by atoms with E-state index in [1.807, 2.05) is 36.4 Å². The Kier molecular flexibility index (Phi) is 3.81. The summed E-state index contributed by atoms with van der Waals surface area (Å²) in [4.78, 5) is 4.54. The average Bonchev–Trinajstić information content (AvgIpc) is 3.29. The summed E-state index contributed by atoms with van der Waals surface area (Å²) in [6, 6.07) is 13.1. The van der Waals surface area contributed by atoms with Gasteiger partial charge in [-0.2, -0.15) is 4.98 Å². The Bertz CT molecular complexity index is 978. The van der Waals surface area contributed by atoms with Gasteiger partial charge in [-0.3, -0.25) is 0 Å². The minimum atomic E-state index is -0.189. The topological polar surface area (TPSA) is 107 Å². The van der Waals surface area contributed by atoms with Gasteiger partial charge in [-0.05, 0) is 28.5 Å². The van der Waals surface area contributed by atoms with E-state index in [1.165, 1.54) is 4.63 Å². The number of anilines is 1. The van der Waals surface area contributed by atoms with Crippen molar-refractivity contribution in [3.63, 3.8) is 0 Å². The maximum Gasteiger partial charge on any atom is 0.249 e. The molecular weight excluding hydrogens is 320 g/mol. The van der Waals surface area contributed by atoms with Crippen molar-refractivity contribution in [3.05, 3.63) is 48.4 Å². The second-order valence-corrected chi connectivity index (χ2v) is 5.93. The van der Waals surface area contributed by atoms with Crippen LogP contribution in [0.2, 0.25) is 0 Å². The monoisotopic (exact) mass is 336 g/mol. The Balaban J connectivity index is 1.62. The molecule has 1 aromatic carbocycles. The highest BCUT2D eigenvalue weighted by Crippen LogP contribution is 2.26. The summed E-state index contributed by atoms with van der Waals surface area (Å²) in [6.07, 6.45) is 0. The molecule has 0 aliphatic rings. The average molecular weight is 336 g/mol. The lowest BCUT2D eigenvalue weighted by atomic mass is 10.0. The van der Waals surface area contributed by atoms with Crippen LogP contribution in [0.25, 0.3) is 17.0 Å². The van der Waals surface area contributed by atoms with Crippen LogP contribution < -0.4 is 5.32 Å². The Morgan fingerprint density at radius 2 is 1.92 bits per heavy atom. The summed E-state index contributed by atoms with van der Waals surface area (Å²) in [6.45, 7) is 4.14. The number of hydrogen-bond donors (Lipinski definition) is 1. The second-order valence-electron chi connectivity index (χ2n) is 5.93. The number of rotatable bonds is 5. The summed E-state index contributed by atoms with van der Waals surface area (Å²) < 4.78 is 6.85. The van der Waals surface area contributed by atoms with E-state index < -0.39 is 0 Å². The molecule has 25 heavy (non-hydrogen) atoms. The maximum absolute atomic E-state index is 5.49. The van der Waals surface area contributed by atoms with Gasteiger partial charge >= 0.3 is 0 Å². The number of nitrogens with one attached hydrogen (secondary N) is 1. The maximum atomic E-state index is 5.49. The third-order valence-corrected chi connectivity index (χ3v) is 3.78. The lowest BCUT2D eigenvalue weighted by Gasteiger charge is -2.18. The number of nitrogens with zero attached hydrogens (tertiary/aromatic N) is 7.